The van der Waals surface area contributed by atoms with Gasteiger partial charge in [0.25, 0.3) is 11.3 Å². The van der Waals surface area contributed by atoms with E-state index in [0.29, 0.717) is 11.5 Å². The summed E-state index contributed by atoms with van der Waals surface area (Å²) in [5, 5.41) is 6.56. The summed E-state index contributed by atoms with van der Waals surface area (Å²) in [7, 11) is 2.02. The Morgan fingerprint density at radius 1 is 1.35 bits per heavy atom. The van der Waals surface area contributed by atoms with Crippen LogP contribution in [0.1, 0.15) is 43.6 Å². The quantitative estimate of drug-likeness (QED) is 0.882. The van der Waals surface area contributed by atoms with E-state index in [0.717, 1.165) is 25.1 Å². The first kappa shape index (κ1) is 13.3. The number of aromatic nitrogens is 4. The summed E-state index contributed by atoms with van der Waals surface area (Å²) in [6.45, 7) is 1.81. The molecule has 0 aromatic carbocycles. The van der Waals surface area contributed by atoms with Gasteiger partial charge in [-0.15, -0.1) is 0 Å². The SMILES string of the molecule is CNC1(Cc2nc3nc(C)cc(=O)n3[nH]2)CCCCC1. The molecule has 6 nitrogen and oxygen atoms in total. The van der Waals surface area contributed by atoms with Gasteiger partial charge in [-0.3, -0.25) is 9.89 Å². The Balaban J connectivity index is 1.94. The van der Waals surface area contributed by atoms with Crippen molar-refractivity contribution in [2.75, 3.05) is 7.05 Å². The van der Waals surface area contributed by atoms with E-state index in [1.54, 1.807) is 0 Å². The molecule has 0 radical (unpaired) electrons. The maximum atomic E-state index is 11.9. The molecule has 0 spiro atoms. The fraction of sp³-hybridized carbons (Fsp3) is 0.643. The Labute approximate surface area is 117 Å². The second-order valence-electron chi connectivity index (χ2n) is 5.81. The van der Waals surface area contributed by atoms with E-state index < -0.39 is 0 Å². The molecule has 1 saturated carbocycles. The maximum absolute atomic E-state index is 11.9. The van der Waals surface area contributed by atoms with Gasteiger partial charge in [-0.2, -0.15) is 9.50 Å². The number of aryl methyl sites for hydroxylation is 1. The summed E-state index contributed by atoms with van der Waals surface area (Å²) in [6, 6.07) is 1.52. The Bertz CT molecular complexity index is 666. The number of H-pyrrole nitrogens is 1. The highest BCUT2D eigenvalue weighted by Gasteiger charge is 2.31. The minimum Gasteiger partial charge on any atom is -0.314 e. The molecule has 1 aliphatic carbocycles. The zero-order valence-electron chi connectivity index (χ0n) is 12.1. The van der Waals surface area contributed by atoms with E-state index >= 15 is 0 Å². The second kappa shape index (κ2) is 5.01. The molecule has 0 unspecified atom stereocenters. The molecule has 1 aliphatic rings. The van der Waals surface area contributed by atoms with Gasteiger partial charge in [0, 0.05) is 23.7 Å². The molecule has 0 atom stereocenters. The van der Waals surface area contributed by atoms with Crippen LogP contribution in [0.5, 0.6) is 0 Å². The monoisotopic (exact) mass is 275 g/mol. The van der Waals surface area contributed by atoms with Crippen LogP contribution in [-0.2, 0) is 6.42 Å². The maximum Gasteiger partial charge on any atom is 0.274 e. The summed E-state index contributed by atoms with van der Waals surface area (Å²) in [6.07, 6.45) is 6.93. The number of fused-ring (bicyclic) bond motifs is 1. The number of likely N-dealkylation sites (N-methyl/N-ethyl adjacent to an activating group) is 1. The van der Waals surface area contributed by atoms with Crippen molar-refractivity contribution in [3.63, 3.8) is 0 Å². The number of rotatable bonds is 3. The van der Waals surface area contributed by atoms with Gasteiger partial charge in [-0.1, -0.05) is 19.3 Å². The molecule has 0 bridgehead atoms. The Kier molecular flexibility index (Phi) is 3.33. The Hall–Kier alpha value is -1.69. The second-order valence-corrected chi connectivity index (χ2v) is 5.81. The molecule has 0 amide bonds. The third-order valence-electron chi connectivity index (χ3n) is 4.35. The fourth-order valence-corrected chi connectivity index (χ4v) is 3.18. The highest BCUT2D eigenvalue weighted by molar-refractivity contribution is 5.28. The van der Waals surface area contributed by atoms with Crippen LogP contribution in [0.2, 0.25) is 0 Å². The van der Waals surface area contributed by atoms with Gasteiger partial charge in [0.1, 0.15) is 5.82 Å². The topological polar surface area (TPSA) is 75.1 Å². The Morgan fingerprint density at radius 3 is 2.80 bits per heavy atom. The zero-order chi connectivity index (χ0) is 14.2. The molecule has 2 N–H and O–H groups in total. The van der Waals surface area contributed by atoms with Gasteiger partial charge in [-0.05, 0) is 26.8 Å². The first-order valence-corrected chi connectivity index (χ1v) is 7.26. The molecule has 1 fully saturated rings. The molecular formula is C14H21N5O. The van der Waals surface area contributed by atoms with E-state index in [1.807, 2.05) is 14.0 Å². The van der Waals surface area contributed by atoms with E-state index in [-0.39, 0.29) is 11.1 Å². The molecule has 20 heavy (non-hydrogen) atoms. The zero-order valence-corrected chi connectivity index (χ0v) is 12.1. The average molecular weight is 275 g/mol. The van der Waals surface area contributed by atoms with E-state index in [1.165, 1.54) is 29.8 Å². The van der Waals surface area contributed by atoms with Crippen LogP contribution >= 0.6 is 0 Å². The van der Waals surface area contributed by atoms with Crippen molar-refractivity contribution < 1.29 is 0 Å². The van der Waals surface area contributed by atoms with Crippen LogP contribution in [0.25, 0.3) is 5.78 Å². The number of nitrogens with zero attached hydrogens (tertiary/aromatic N) is 3. The van der Waals surface area contributed by atoms with Crippen LogP contribution < -0.4 is 10.9 Å². The van der Waals surface area contributed by atoms with Gasteiger partial charge in [0.2, 0.25) is 0 Å². The molecule has 0 saturated heterocycles. The molecule has 108 valence electrons. The van der Waals surface area contributed by atoms with Crippen molar-refractivity contribution in [3.8, 4) is 0 Å². The van der Waals surface area contributed by atoms with Crippen LogP contribution in [0.3, 0.4) is 0 Å². The van der Waals surface area contributed by atoms with Crippen molar-refractivity contribution in [2.45, 2.75) is 51.0 Å². The summed E-state index contributed by atoms with van der Waals surface area (Å²) in [5.74, 6) is 1.29. The van der Waals surface area contributed by atoms with Crippen molar-refractivity contribution in [2.24, 2.45) is 0 Å². The standard InChI is InChI=1S/C14H21N5O/c1-10-8-12(20)19-13(16-10)17-11(18-19)9-14(15-2)6-4-3-5-7-14/h8,15H,3-7,9H2,1-2H3,(H,16,17,18). The molecular weight excluding hydrogens is 254 g/mol. The number of hydrogen-bond acceptors (Lipinski definition) is 4. The highest BCUT2D eigenvalue weighted by Crippen LogP contribution is 2.30. The lowest BCUT2D eigenvalue weighted by Gasteiger charge is -2.36. The first-order chi connectivity index (χ1) is 9.62. The Morgan fingerprint density at radius 2 is 2.10 bits per heavy atom. The largest absolute Gasteiger partial charge is 0.314 e. The molecule has 2 aromatic heterocycles. The highest BCUT2D eigenvalue weighted by atomic mass is 16.1. The fourth-order valence-electron chi connectivity index (χ4n) is 3.18. The van der Waals surface area contributed by atoms with E-state index in [2.05, 4.69) is 20.4 Å². The number of hydrogen-bond donors (Lipinski definition) is 2. The van der Waals surface area contributed by atoms with Gasteiger partial charge in [0.15, 0.2) is 0 Å². The lowest BCUT2D eigenvalue weighted by molar-refractivity contribution is 0.241. The average Bonchev–Trinajstić information content (AvgIpc) is 2.82. The van der Waals surface area contributed by atoms with Gasteiger partial charge >= 0.3 is 0 Å². The molecule has 2 heterocycles. The summed E-state index contributed by atoms with van der Waals surface area (Å²) in [5.41, 5.74) is 0.701. The molecule has 2 aromatic rings. The molecule has 3 rings (SSSR count). The normalized spacial score (nSPS) is 18.5. The van der Waals surface area contributed by atoms with Crippen molar-refractivity contribution in [1.29, 1.82) is 0 Å². The minimum absolute atomic E-state index is 0.102. The third-order valence-corrected chi connectivity index (χ3v) is 4.35. The summed E-state index contributed by atoms with van der Waals surface area (Å²) in [4.78, 5) is 20.7. The first-order valence-electron chi connectivity index (χ1n) is 7.26. The van der Waals surface area contributed by atoms with Crippen LogP contribution in [0.4, 0.5) is 0 Å². The van der Waals surface area contributed by atoms with Gasteiger partial charge < -0.3 is 5.32 Å². The van der Waals surface area contributed by atoms with E-state index in [9.17, 15) is 4.79 Å². The predicted octanol–water partition coefficient (Wildman–Crippen LogP) is 1.19. The molecule has 0 aliphatic heterocycles. The van der Waals surface area contributed by atoms with Crippen molar-refractivity contribution in [3.05, 3.63) is 27.9 Å². The van der Waals surface area contributed by atoms with E-state index in [4.69, 9.17) is 0 Å². The minimum atomic E-state index is -0.103. The van der Waals surface area contributed by atoms with Crippen LogP contribution in [-0.4, -0.2) is 32.2 Å². The van der Waals surface area contributed by atoms with Crippen molar-refractivity contribution >= 4 is 5.78 Å². The van der Waals surface area contributed by atoms with Crippen molar-refractivity contribution in [1.82, 2.24) is 24.9 Å². The summed E-state index contributed by atoms with van der Waals surface area (Å²) < 4.78 is 1.43. The number of nitrogens with one attached hydrogen (secondary N) is 2. The van der Waals surface area contributed by atoms with Crippen LogP contribution in [0, 0.1) is 6.92 Å². The van der Waals surface area contributed by atoms with Gasteiger partial charge in [-0.25, -0.2) is 4.98 Å². The van der Waals surface area contributed by atoms with Crippen LogP contribution in [0.15, 0.2) is 10.9 Å². The van der Waals surface area contributed by atoms with Gasteiger partial charge in [0.05, 0.1) is 0 Å². The third kappa shape index (κ3) is 2.35. The lowest BCUT2D eigenvalue weighted by Crippen LogP contribution is -2.46. The molecule has 6 heteroatoms. The predicted molar refractivity (Wildman–Crippen MR) is 76.9 cm³/mol. The lowest BCUT2D eigenvalue weighted by atomic mass is 9.79. The smallest absolute Gasteiger partial charge is 0.274 e. The number of aromatic amines is 1. The summed E-state index contributed by atoms with van der Waals surface area (Å²) >= 11 is 0.